The number of ketones is 1. The van der Waals surface area contributed by atoms with Gasteiger partial charge in [0.1, 0.15) is 10.7 Å². The van der Waals surface area contributed by atoms with E-state index in [1.165, 1.54) is 11.3 Å². The van der Waals surface area contributed by atoms with Crippen LogP contribution in [-0.4, -0.2) is 18.4 Å². The zero-order valence-corrected chi connectivity index (χ0v) is 17.5. The highest BCUT2D eigenvalue weighted by molar-refractivity contribution is 7.18. The largest absolute Gasteiger partial charge is 0.462 e. The number of rotatable bonds is 3. The van der Waals surface area contributed by atoms with Gasteiger partial charge in [-0.05, 0) is 36.0 Å². The minimum atomic E-state index is -0.295. The average molecular weight is 396 g/mol. The standard InChI is InChI=1S/C23H25NO3S/c1-5-27-22(26)20-13(2)17-18(14-9-7-6-8-10-14)19-15(24-21(17)28-20)11-23(3,4)12-16(19)25/h6-11,18-19,24H,5,12H2,1-4H3/t18-,19+/m0/s1. The van der Waals surface area contributed by atoms with E-state index >= 15 is 0 Å². The fourth-order valence-corrected chi connectivity index (χ4v) is 5.64. The molecular weight excluding hydrogens is 370 g/mol. The molecule has 0 fully saturated rings. The van der Waals surface area contributed by atoms with Crippen molar-refractivity contribution >= 4 is 28.1 Å². The van der Waals surface area contributed by atoms with Crippen molar-refractivity contribution in [2.75, 3.05) is 11.9 Å². The van der Waals surface area contributed by atoms with Gasteiger partial charge in [-0.3, -0.25) is 4.79 Å². The molecule has 1 aromatic heterocycles. The van der Waals surface area contributed by atoms with Crippen LogP contribution in [0.4, 0.5) is 5.00 Å². The Hall–Kier alpha value is -2.40. The van der Waals surface area contributed by atoms with Crippen molar-refractivity contribution in [2.45, 2.75) is 40.0 Å². The summed E-state index contributed by atoms with van der Waals surface area (Å²) in [6.07, 6.45) is 2.71. The molecule has 2 atom stereocenters. The molecular formula is C23H25NO3S. The molecule has 0 saturated carbocycles. The topological polar surface area (TPSA) is 55.4 Å². The van der Waals surface area contributed by atoms with Gasteiger partial charge in [-0.2, -0.15) is 0 Å². The number of carbonyl (C=O) groups excluding carboxylic acids is 2. The predicted octanol–water partition coefficient (Wildman–Crippen LogP) is 5.29. The Labute approximate surface area is 169 Å². The molecule has 2 heterocycles. The van der Waals surface area contributed by atoms with Crippen molar-refractivity contribution in [2.24, 2.45) is 11.3 Å². The maximum atomic E-state index is 13.2. The summed E-state index contributed by atoms with van der Waals surface area (Å²) in [5.41, 5.74) is 3.85. The Morgan fingerprint density at radius 1 is 1.25 bits per heavy atom. The first-order valence-electron chi connectivity index (χ1n) is 9.70. The summed E-state index contributed by atoms with van der Waals surface area (Å²) in [7, 11) is 0. The zero-order valence-electron chi connectivity index (χ0n) is 16.7. The molecule has 0 saturated heterocycles. The van der Waals surface area contributed by atoms with Crippen LogP contribution in [0.1, 0.15) is 59.5 Å². The molecule has 1 aliphatic heterocycles. The van der Waals surface area contributed by atoms with E-state index in [9.17, 15) is 9.59 Å². The SMILES string of the molecule is CCOC(=O)c1sc2c(c1C)[C@H](c1ccccc1)[C@H]1C(=O)CC(C)(C)C=C1N2. The van der Waals surface area contributed by atoms with E-state index in [-0.39, 0.29) is 29.0 Å². The second kappa shape index (κ2) is 6.89. The van der Waals surface area contributed by atoms with Gasteiger partial charge in [-0.25, -0.2) is 4.79 Å². The highest BCUT2D eigenvalue weighted by Gasteiger charge is 2.45. The Balaban J connectivity index is 1.93. The van der Waals surface area contributed by atoms with Crippen LogP contribution in [0.15, 0.2) is 42.1 Å². The summed E-state index contributed by atoms with van der Waals surface area (Å²) in [5.74, 6) is -0.382. The fourth-order valence-electron chi connectivity index (χ4n) is 4.48. The molecule has 0 radical (unpaired) electrons. The predicted molar refractivity (Wildman–Crippen MR) is 112 cm³/mol. The van der Waals surface area contributed by atoms with E-state index in [4.69, 9.17) is 4.74 Å². The third-order valence-corrected chi connectivity index (χ3v) is 6.78. The summed E-state index contributed by atoms with van der Waals surface area (Å²) in [6.45, 7) is 8.30. The van der Waals surface area contributed by atoms with Gasteiger partial charge in [0, 0.05) is 18.0 Å². The van der Waals surface area contributed by atoms with Crippen LogP contribution in [0.5, 0.6) is 0 Å². The molecule has 1 aromatic carbocycles. The molecule has 146 valence electrons. The van der Waals surface area contributed by atoms with Gasteiger partial charge < -0.3 is 10.1 Å². The van der Waals surface area contributed by atoms with Crippen LogP contribution in [0, 0.1) is 18.3 Å². The number of anilines is 1. The molecule has 4 rings (SSSR count). The molecule has 0 unspecified atom stereocenters. The van der Waals surface area contributed by atoms with Crippen molar-refractivity contribution in [1.29, 1.82) is 0 Å². The lowest BCUT2D eigenvalue weighted by molar-refractivity contribution is -0.124. The molecule has 2 aliphatic rings. The Morgan fingerprint density at radius 3 is 2.64 bits per heavy atom. The number of fused-ring (bicyclic) bond motifs is 2. The van der Waals surface area contributed by atoms with E-state index in [2.05, 4.69) is 37.4 Å². The fraction of sp³-hybridized carbons (Fsp3) is 0.391. The van der Waals surface area contributed by atoms with Crippen molar-refractivity contribution in [3.05, 3.63) is 63.7 Å². The quantitative estimate of drug-likeness (QED) is 0.718. The summed E-state index contributed by atoms with van der Waals surface area (Å²) in [5, 5.41) is 4.44. The lowest BCUT2D eigenvalue weighted by Crippen LogP contribution is -2.38. The lowest BCUT2D eigenvalue weighted by atomic mass is 9.67. The number of thiophene rings is 1. The van der Waals surface area contributed by atoms with E-state index in [1.807, 2.05) is 32.0 Å². The Kier molecular flexibility index (Phi) is 4.66. The lowest BCUT2D eigenvalue weighted by Gasteiger charge is -2.40. The van der Waals surface area contributed by atoms with Gasteiger partial charge in [-0.1, -0.05) is 50.3 Å². The highest BCUT2D eigenvalue weighted by Crippen LogP contribution is 2.53. The first-order valence-corrected chi connectivity index (χ1v) is 10.5. The second-order valence-electron chi connectivity index (χ2n) is 8.24. The van der Waals surface area contributed by atoms with Gasteiger partial charge in [0.2, 0.25) is 0 Å². The van der Waals surface area contributed by atoms with Gasteiger partial charge in [0.25, 0.3) is 0 Å². The molecule has 2 aromatic rings. The number of esters is 1. The van der Waals surface area contributed by atoms with E-state index in [1.54, 1.807) is 0 Å². The summed E-state index contributed by atoms with van der Waals surface area (Å²) in [6, 6.07) is 10.1. The zero-order chi connectivity index (χ0) is 20.1. The molecule has 28 heavy (non-hydrogen) atoms. The number of hydrogen-bond donors (Lipinski definition) is 1. The van der Waals surface area contributed by atoms with Crippen molar-refractivity contribution < 1.29 is 14.3 Å². The number of allylic oxidation sites excluding steroid dienone is 2. The number of carbonyl (C=O) groups is 2. The van der Waals surface area contributed by atoms with Crippen LogP contribution >= 0.6 is 11.3 Å². The molecule has 0 bridgehead atoms. The summed E-state index contributed by atoms with van der Waals surface area (Å²) >= 11 is 1.43. The highest BCUT2D eigenvalue weighted by atomic mass is 32.1. The number of nitrogens with one attached hydrogen (secondary N) is 1. The normalized spacial score (nSPS) is 22.6. The van der Waals surface area contributed by atoms with Gasteiger partial charge in [0.15, 0.2) is 0 Å². The Bertz CT molecular complexity index is 971. The van der Waals surface area contributed by atoms with Gasteiger partial charge in [0.05, 0.1) is 17.5 Å². The van der Waals surface area contributed by atoms with E-state index in [0.717, 1.165) is 27.4 Å². The van der Waals surface area contributed by atoms with Crippen LogP contribution in [-0.2, 0) is 9.53 Å². The molecule has 0 spiro atoms. The minimum absolute atomic E-state index is 0.0910. The number of benzene rings is 1. The van der Waals surface area contributed by atoms with Crippen LogP contribution in [0.25, 0.3) is 0 Å². The maximum absolute atomic E-state index is 13.2. The first kappa shape index (κ1) is 18.9. The number of ether oxygens (including phenoxy) is 1. The minimum Gasteiger partial charge on any atom is -0.462 e. The Morgan fingerprint density at radius 2 is 1.96 bits per heavy atom. The first-order chi connectivity index (χ1) is 13.3. The molecule has 5 heteroatoms. The van der Waals surface area contributed by atoms with E-state index in [0.29, 0.717) is 17.9 Å². The second-order valence-corrected chi connectivity index (χ2v) is 9.26. The summed E-state index contributed by atoms with van der Waals surface area (Å²) in [4.78, 5) is 26.3. The molecule has 1 aliphatic carbocycles. The number of hydrogen-bond acceptors (Lipinski definition) is 5. The molecule has 4 nitrogen and oxygen atoms in total. The van der Waals surface area contributed by atoms with E-state index < -0.39 is 0 Å². The van der Waals surface area contributed by atoms with Crippen LogP contribution < -0.4 is 5.32 Å². The smallest absolute Gasteiger partial charge is 0.348 e. The van der Waals surface area contributed by atoms with Crippen LogP contribution in [0.2, 0.25) is 0 Å². The van der Waals surface area contributed by atoms with Crippen molar-refractivity contribution in [1.82, 2.24) is 0 Å². The van der Waals surface area contributed by atoms with Crippen LogP contribution in [0.3, 0.4) is 0 Å². The monoisotopic (exact) mass is 395 g/mol. The van der Waals surface area contributed by atoms with Gasteiger partial charge in [-0.15, -0.1) is 11.3 Å². The maximum Gasteiger partial charge on any atom is 0.348 e. The third kappa shape index (κ3) is 3.08. The third-order valence-electron chi connectivity index (χ3n) is 5.57. The van der Waals surface area contributed by atoms with Crippen molar-refractivity contribution in [3.63, 3.8) is 0 Å². The average Bonchev–Trinajstić information content (AvgIpc) is 2.96. The van der Waals surface area contributed by atoms with Crippen molar-refractivity contribution in [3.8, 4) is 0 Å². The number of Topliss-reactive ketones (excluding diaryl/α,β-unsaturated/α-hetero) is 1. The van der Waals surface area contributed by atoms with Gasteiger partial charge >= 0.3 is 5.97 Å². The molecule has 1 N–H and O–H groups in total. The molecule has 0 amide bonds. The summed E-state index contributed by atoms with van der Waals surface area (Å²) < 4.78 is 5.26.